The molecule has 0 unspecified atom stereocenters. The second-order valence-electron chi connectivity index (χ2n) is 6.03. The van der Waals surface area contributed by atoms with Crippen LogP contribution in [0.15, 0.2) is 0 Å². The van der Waals surface area contributed by atoms with Crippen molar-refractivity contribution in [1.29, 1.82) is 0 Å². The summed E-state index contributed by atoms with van der Waals surface area (Å²) in [6.07, 6.45) is 3.63. The van der Waals surface area contributed by atoms with Crippen molar-refractivity contribution >= 4 is 5.91 Å². The van der Waals surface area contributed by atoms with Gasteiger partial charge in [0.2, 0.25) is 5.91 Å². The first kappa shape index (κ1) is 14.5. The van der Waals surface area contributed by atoms with E-state index in [0.717, 1.165) is 24.8 Å². The molecule has 1 aliphatic rings. The van der Waals surface area contributed by atoms with Gasteiger partial charge in [-0.05, 0) is 37.6 Å². The summed E-state index contributed by atoms with van der Waals surface area (Å²) in [5.74, 6) is 1.64. The van der Waals surface area contributed by atoms with E-state index in [1.54, 1.807) is 6.92 Å². The van der Waals surface area contributed by atoms with Crippen LogP contribution < -0.4 is 5.32 Å². The number of piperidine rings is 1. The van der Waals surface area contributed by atoms with Crippen LogP contribution in [0.4, 0.5) is 0 Å². The van der Waals surface area contributed by atoms with Crippen molar-refractivity contribution in [3.05, 3.63) is 0 Å². The molecule has 1 saturated heterocycles. The van der Waals surface area contributed by atoms with Crippen LogP contribution in [0.2, 0.25) is 0 Å². The fraction of sp³-hybridized carbons (Fsp3) is 0.929. The number of likely N-dealkylation sites (tertiary alicyclic amines) is 1. The number of hydrogen-bond donors (Lipinski definition) is 1. The highest BCUT2D eigenvalue weighted by Crippen LogP contribution is 2.16. The first-order chi connectivity index (χ1) is 7.97. The van der Waals surface area contributed by atoms with Gasteiger partial charge in [0.1, 0.15) is 0 Å². The first-order valence-corrected chi connectivity index (χ1v) is 6.96. The minimum absolute atomic E-state index is 0.104. The zero-order valence-corrected chi connectivity index (χ0v) is 11.8. The molecular formula is C14H28N2O. The largest absolute Gasteiger partial charge is 0.352 e. The van der Waals surface area contributed by atoms with Crippen LogP contribution in [0, 0.1) is 11.8 Å². The Kier molecular flexibility index (Phi) is 5.96. The maximum Gasteiger partial charge on any atom is 0.217 e. The van der Waals surface area contributed by atoms with Crippen molar-refractivity contribution < 1.29 is 4.79 Å². The van der Waals surface area contributed by atoms with Gasteiger partial charge in [0.25, 0.3) is 0 Å². The van der Waals surface area contributed by atoms with Gasteiger partial charge in [-0.2, -0.15) is 0 Å². The molecule has 0 radical (unpaired) electrons. The molecule has 0 aromatic carbocycles. The molecule has 3 nitrogen and oxygen atoms in total. The molecule has 0 spiro atoms. The van der Waals surface area contributed by atoms with E-state index in [4.69, 9.17) is 0 Å². The molecule has 100 valence electrons. The quantitative estimate of drug-likeness (QED) is 0.799. The van der Waals surface area contributed by atoms with Crippen molar-refractivity contribution in [3.8, 4) is 0 Å². The molecule has 1 aliphatic heterocycles. The number of nitrogens with zero attached hydrogens (tertiary/aromatic N) is 1. The highest BCUT2D eigenvalue weighted by atomic mass is 16.1. The molecule has 17 heavy (non-hydrogen) atoms. The van der Waals surface area contributed by atoms with Gasteiger partial charge in [0.05, 0.1) is 0 Å². The van der Waals surface area contributed by atoms with Crippen LogP contribution in [0.25, 0.3) is 0 Å². The predicted molar refractivity (Wildman–Crippen MR) is 71.9 cm³/mol. The molecule has 1 heterocycles. The molecule has 0 aromatic rings. The Balaban J connectivity index is 2.31. The first-order valence-electron chi connectivity index (χ1n) is 6.96. The van der Waals surface area contributed by atoms with Gasteiger partial charge >= 0.3 is 0 Å². The fourth-order valence-corrected chi connectivity index (χ4v) is 2.95. The second-order valence-corrected chi connectivity index (χ2v) is 6.03. The SMILES string of the molecule is CC(=O)N[C@@H]1CCCN(C[C@@H](C)CC(C)C)C1. The lowest BCUT2D eigenvalue weighted by Crippen LogP contribution is -2.48. The number of carbonyl (C=O) groups is 1. The van der Waals surface area contributed by atoms with E-state index < -0.39 is 0 Å². The summed E-state index contributed by atoms with van der Waals surface area (Å²) in [7, 11) is 0. The third kappa shape index (κ3) is 6.06. The lowest BCUT2D eigenvalue weighted by Gasteiger charge is -2.34. The molecule has 2 atom stereocenters. The maximum absolute atomic E-state index is 11.1. The highest BCUT2D eigenvalue weighted by Gasteiger charge is 2.21. The number of hydrogen-bond acceptors (Lipinski definition) is 2. The Morgan fingerprint density at radius 3 is 2.71 bits per heavy atom. The van der Waals surface area contributed by atoms with Gasteiger partial charge < -0.3 is 10.2 Å². The van der Waals surface area contributed by atoms with Crippen molar-refractivity contribution in [3.63, 3.8) is 0 Å². The smallest absolute Gasteiger partial charge is 0.217 e. The lowest BCUT2D eigenvalue weighted by atomic mass is 9.97. The Bertz CT molecular complexity index is 240. The summed E-state index contributed by atoms with van der Waals surface area (Å²) in [6.45, 7) is 11.9. The standard InChI is InChI=1S/C14H28N2O/c1-11(2)8-12(3)9-16-7-5-6-14(10-16)15-13(4)17/h11-12,14H,5-10H2,1-4H3,(H,15,17)/t12-,14+/m0/s1. The van der Waals surface area contributed by atoms with E-state index in [9.17, 15) is 4.79 Å². The topological polar surface area (TPSA) is 32.3 Å². The van der Waals surface area contributed by atoms with Crippen LogP contribution in [0.1, 0.15) is 47.0 Å². The number of carbonyl (C=O) groups excluding carboxylic acids is 1. The number of amides is 1. The monoisotopic (exact) mass is 240 g/mol. The van der Waals surface area contributed by atoms with Gasteiger partial charge in [-0.1, -0.05) is 20.8 Å². The predicted octanol–water partition coefficient (Wildman–Crippen LogP) is 2.27. The van der Waals surface area contributed by atoms with E-state index in [2.05, 4.69) is 31.0 Å². The van der Waals surface area contributed by atoms with E-state index in [0.29, 0.717) is 6.04 Å². The summed E-state index contributed by atoms with van der Waals surface area (Å²) in [5.41, 5.74) is 0. The average molecular weight is 240 g/mol. The molecule has 1 amide bonds. The van der Waals surface area contributed by atoms with E-state index in [-0.39, 0.29) is 5.91 Å². The molecule has 1 fully saturated rings. The van der Waals surface area contributed by atoms with Crippen molar-refractivity contribution in [2.75, 3.05) is 19.6 Å². The lowest BCUT2D eigenvalue weighted by molar-refractivity contribution is -0.120. The van der Waals surface area contributed by atoms with Gasteiger partial charge in [0.15, 0.2) is 0 Å². The summed E-state index contributed by atoms with van der Waals surface area (Å²) in [6, 6.07) is 0.368. The highest BCUT2D eigenvalue weighted by molar-refractivity contribution is 5.73. The van der Waals surface area contributed by atoms with Crippen molar-refractivity contribution in [2.45, 2.75) is 53.0 Å². The van der Waals surface area contributed by atoms with E-state index in [1.165, 1.54) is 25.9 Å². The molecule has 0 aliphatic carbocycles. The maximum atomic E-state index is 11.1. The van der Waals surface area contributed by atoms with Gasteiger partial charge in [-0.25, -0.2) is 0 Å². The molecular weight excluding hydrogens is 212 g/mol. The van der Waals surface area contributed by atoms with E-state index in [1.807, 2.05) is 0 Å². The average Bonchev–Trinajstić information content (AvgIpc) is 2.14. The molecule has 3 heteroatoms. The Morgan fingerprint density at radius 2 is 2.12 bits per heavy atom. The minimum Gasteiger partial charge on any atom is -0.352 e. The zero-order valence-electron chi connectivity index (χ0n) is 11.8. The zero-order chi connectivity index (χ0) is 12.8. The van der Waals surface area contributed by atoms with Crippen LogP contribution >= 0.6 is 0 Å². The van der Waals surface area contributed by atoms with Crippen LogP contribution in [-0.2, 0) is 4.79 Å². The van der Waals surface area contributed by atoms with Gasteiger partial charge in [-0.15, -0.1) is 0 Å². The summed E-state index contributed by atoms with van der Waals surface area (Å²) in [4.78, 5) is 13.6. The summed E-state index contributed by atoms with van der Waals surface area (Å²) < 4.78 is 0. The van der Waals surface area contributed by atoms with Crippen LogP contribution in [0.3, 0.4) is 0 Å². The fourth-order valence-electron chi connectivity index (χ4n) is 2.95. The van der Waals surface area contributed by atoms with Gasteiger partial charge in [-0.3, -0.25) is 4.79 Å². The van der Waals surface area contributed by atoms with Crippen molar-refractivity contribution in [1.82, 2.24) is 10.2 Å². The van der Waals surface area contributed by atoms with Crippen molar-refractivity contribution in [2.24, 2.45) is 11.8 Å². The summed E-state index contributed by atoms with van der Waals surface area (Å²) >= 11 is 0. The third-order valence-electron chi connectivity index (χ3n) is 3.36. The van der Waals surface area contributed by atoms with E-state index >= 15 is 0 Å². The molecule has 0 bridgehead atoms. The molecule has 1 N–H and O–H groups in total. The molecule has 1 rings (SSSR count). The Morgan fingerprint density at radius 1 is 1.41 bits per heavy atom. The Hall–Kier alpha value is -0.570. The summed E-state index contributed by atoms with van der Waals surface area (Å²) in [5, 5.41) is 3.05. The van der Waals surface area contributed by atoms with Gasteiger partial charge in [0, 0.05) is 26.1 Å². The molecule has 0 aromatic heterocycles. The third-order valence-corrected chi connectivity index (χ3v) is 3.36. The minimum atomic E-state index is 0.104. The normalized spacial score (nSPS) is 23.7. The molecule has 0 saturated carbocycles. The second kappa shape index (κ2) is 7.00. The van der Waals surface area contributed by atoms with Crippen LogP contribution in [-0.4, -0.2) is 36.5 Å². The number of nitrogens with one attached hydrogen (secondary N) is 1. The number of rotatable bonds is 5. The van der Waals surface area contributed by atoms with Crippen LogP contribution in [0.5, 0.6) is 0 Å². The Labute approximate surface area is 106 Å².